The van der Waals surface area contributed by atoms with Gasteiger partial charge < -0.3 is 16.0 Å². The zero-order valence-electron chi connectivity index (χ0n) is 15.5. The monoisotopic (exact) mass is 390 g/mol. The normalized spacial score (nSPS) is 11.2. The van der Waals surface area contributed by atoms with Crippen molar-refractivity contribution >= 4 is 29.2 Å². The lowest BCUT2D eigenvalue weighted by atomic mass is 10.2. The van der Waals surface area contributed by atoms with Gasteiger partial charge in [-0.2, -0.15) is 0 Å². The van der Waals surface area contributed by atoms with E-state index < -0.39 is 0 Å². The molecular formula is C20H24ClFN4O. The molecule has 0 aromatic heterocycles. The van der Waals surface area contributed by atoms with E-state index in [0.29, 0.717) is 36.3 Å². The lowest BCUT2D eigenvalue weighted by molar-refractivity contribution is -0.116. The summed E-state index contributed by atoms with van der Waals surface area (Å²) in [5, 5.41) is 9.68. The molecule has 7 heteroatoms. The highest BCUT2D eigenvalue weighted by Crippen LogP contribution is 2.22. The van der Waals surface area contributed by atoms with E-state index in [-0.39, 0.29) is 18.1 Å². The molecule has 1 amide bonds. The van der Waals surface area contributed by atoms with Crippen molar-refractivity contribution in [3.8, 4) is 0 Å². The van der Waals surface area contributed by atoms with Crippen LogP contribution in [0.15, 0.2) is 47.5 Å². The van der Waals surface area contributed by atoms with E-state index in [9.17, 15) is 9.18 Å². The van der Waals surface area contributed by atoms with Crippen LogP contribution in [0, 0.1) is 12.7 Å². The van der Waals surface area contributed by atoms with Crippen LogP contribution in [-0.2, 0) is 11.3 Å². The second-order valence-corrected chi connectivity index (χ2v) is 6.37. The molecule has 0 atom stereocenters. The Morgan fingerprint density at radius 3 is 2.70 bits per heavy atom. The summed E-state index contributed by atoms with van der Waals surface area (Å²) < 4.78 is 13.2. The van der Waals surface area contributed by atoms with Gasteiger partial charge in [0.2, 0.25) is 5.91 Å². The van der Waals surface area contributed by atoms with Gasteiger partial charge in [0.15, 0.2) is 5.96 Å². The molecule has 0 aliphatic heterocycles. The van der Waals surface area contributed by atoms with Crippen LogP contribution in [0.4, 0.5) is 10.1 Å². The molecule has 0 fully saturated rings. The van der Waals surface area contributed by atoms with E-state index in [4.69, 9.17) is 11.6 Å². The molecule has 2 rings (SSSR count). The quantitative estimate of drug-likeness (QED) is 0.496. The number of carbonyl (C=O) groups is 1. The summed E-state index contributed by atoms with van der Waals surface area (Å²) in [6, 6.07) is 11.7. The van der Waals surface area contributed by atoms with E-state index >= 15 is 0 Å². The molecule has 0 spiro atoms. The molecule has 3 N–H and O–H groups in total. The summed E-state index contributed by atoms with van der Waals surface area (Å²) in [4.78, 5) is 16.5. The summed E-state index contributed by atoms with van der Waals surface area (Å²) in [6.45, 7) is 5.26. The molecule has 0 aliphatic rings. The fourth-order valence-corrected chi connectivity index (χ4v) is 2.57. The van der Waals surface area contributed by atoms with Crippen molar-refractivity contribution < 1.29 is 9.18 Å². The topological polar surface area (TPSA) is 65.5 Å². The average molecular weight is 391 g/mol. The first kappa shape index (κ1) is 20.7. The second kappa shape index (κ2) is 10.5. The molecule has 144 valence electrons. The summed E-state index contributed by atoms with van der Waals surface area (Å²) in [7, 11) is 0. The zero-order chi connectivity index (χ0) is 19.6. The standard InChI is InChI=1S/C20H24ClFN4O/c1-3-23-20(25-13-15-6-4-7-16(22)12-15)24-11-10-19(27)26-18-9-5-8-17(21)14(18)2/h4-9,12H,3,10-11,13H2,1-2H3,(H,26,27)(H2,23,24,25). The molecule has 0 saturated carbocycles. The summed E-state index contributed by atoms with van der Waals surface area (Å²) in [6.07, 6.45) is 0.274. The highest BCUT2D eigenvalue weighted by atomic mass is 35.5. The second-order valence-electron chi connectivity index (χ2n) is 5.96. The third-order valence-corrected chi connectivity index (χ3v) is 4.25. The van der Waals surface area contributed by atoms with Crippen LogP contribution in [0.5, 0.6) is 0 Å². The van der Waals surface area contributed by atoms with E-state index in [2.05, 4.69) is 20.9 Å². The number of aliphatic imine (C=N–C) groups is 1. The first-order chi connectivity index (χ1) is 13.0. The maximum atomic E-state index is 13.2. The number of nitrogens with zero attached hydrogens (tertiary/aromatic N) is 1. The number of amides is 1. The highest BCUT2D eigenvalue weighted by Gasteiger charge is 2.07. The Hall–Kier alpha value is -2.60. The van der Waals surface area contributed by atoms with Crippen molar-refractivity contribution in [3.63, 3.8) is 0 Å². The number of hydrogen-bond donors (Lipinski definition) is 3. The molecule has 0 aliphatic carbocycles. The maximum Gasteiger partial charge on any atom is 0.226 e. The fraction of sp³-hybridized carbons (Fsp3) is 0.300. The van der Waals surface area contributed by atoms with Crippen LogP contribution in [-0.4, -0.2) is 25.0 Å². The van der Waals surface area contributed by atoms with Crippen LogP contribution < -0.4 is 16.0 Å². The van der Waals surface area contributed by atoms with Crippen molar-refractivity contribution in [1.29, 1.82) is 0 Å². The molecule has 0 unspecified atom stereocenters. The van der Waals surface area contributed by atoms with Crippen LogP contribution in [0.2, 0.25) is 5.02 Å². The molecule has 0 saturated heterocycles. The smallest absolute Gasteiger partial charge is 0.226 e. The molecule has 2 aromatic carbocycles. The summed E-state index contributed by atoms with van der Waals surface area (Å²) in [5.74, 6) is 0.177. The number of benzene rings is 2. The Morgan fingerprint density at radius 2 is 1.96 bits per heavy atom. The van der Waals surface area contributed by atoms with Crippen molar-refractivity contribution in [1.82, 2.24) is 10.6 Å². The molecule has 0 radical (unpaired) electrons. The van der Waals surface area contributed by atoms with Gasteiger partial charge in [0, 0.05) is 30.2 Å². The summed E-state index contributed by atoms with van der Waals surface area (Å²) >= 11 is 6.06. The van der Waals surface area contributed by atoms with E-state index in [1.165, 1.54) is 12.1 Å². The van der Waals surface area contributed by atoms with Crippen molar-refractivity contribution in [2.24, 2.45) is 4.99 Å². The minimum Gasteiger partial charge on any atom is -0.357 e. The third kappa shape index (κ3) is 6.90. The van der Waals surface area contributed by atoms with Crippen LogP contribution in [0.3, 0.4) is 0 Å². The predicted molar refractivity (Wildman–Crippen MR) is 109 cm³/mol. The van der Waals surface area contributed by atoms with Crippen molar-refractivity contribution in [3.05, 3.63) is 64.4 Å². The highest BCUT2D eigenvalue weighted by molar-refractivity contribution is 6.31. The van der Waals surface area contributed by atoms with Gasteiger partial charge in [-0.15, -0.1) is 0 Å². The van der Waals surface area contributed by atoms with Crippen molar-refractivity contribution in [2.45, 2.75) is 26.8 Å². The molecule has 0 heterocycles. The third-order valence-electron chi connectivity index (χ3n) is 3.84. The number of anilines is 1. The predicted octanol–water partition coefficient (Wildman–Crippen LogP) is 3.87. The number of hydrogen-bond acceptors (Lipinski definition) is 2. The number of guanidine groups is 1. The van der Waals surface area contributed by atoms with Crippen molar-refractivity contribution in [2.75, 3.05) is 18.4 Å². The SMILES string of the molecule is CCNC(=NCc1cccc(F)c1)NCCC(=O)Nc1cccc(Cl)c1C. The average Bonchev–Trinajstić information content (AvgIpc) is 2.63. The van der Waals surface area contributed by atoms with Gasteiger partial charge in [-0.25, -0.2) is 9.38 Å². The number of halogens is 2. The van der Waals surface area contributed by atoms with Gasteiger partial charge in [-0.05, 0) is 49.2 Å². The zero-order valence-corrected chi connectivity index (χ0v) is 16.2. The molecule has 2 aromatic rings. The molecule has 5 nitrogen and oxygen atoms in total. The number of carbonyl (C=O) groups excluding carboxylic acids is 1. The van der Waals surface area contributed by atoms with Gasteiger partial charge >= 0.3 is 0 Å². The first-order valence-electron chi connectivity index (χ1n) is 8.81. The Bertz CT molecular complexity index is 810. The van der Waals surface area contributed by atoms with Gasteiger partial charge in [0.05, 0.1) is 6.54 Å². The Morgan fingerprint density at radius 1 is 1.19 bits per heavy atom. The van der Waals surface area contributed by atoms with Gasteiger partial charge in [-0.1, -0.05) is 29.8 Å². The van der Waals surface area contributed by atoms with E-state index in [1.54, 1.807) is 18.2 Å². The van der Waals surface area contributed by atoms with Gasteiger partial charge in [0.25, 0.3) is 0 Å². The lowest BCUT2D eigenvalue weighted by Gasteiger charge is -2.12. The Balaban J connectivity index is 1.85. The van der Waals surface area contributed by atoms with Crippen LogP contribution >= 0.6 is 11.6 Å². The van der Waals surface area contributed by atoms with Gasteiger partial charge in [0.1, 0.15) is 5.82 Å². The maximum absolute atomic E-state index is 13.2. The molecular weight excluding hydrogens is 367 g/mol. The molecule has 0 bridgehead atoms. The Kier molecular flexibility index (Phi) is 8.07. The first-order valence-corrected chi connectivity index (χ1v) is 9.19. The Labute approximate surface area is 164 Å². The van der Waals surface area contributed by atoms with Gasteiger partial charge in [-0.3, -0.25) is 4.79 Å². The fourth-order valence-electron chi connectivity index (χ4n) is 2.40. The van der Waals surface area contributed by atoms with E-state index in [0.717, 1.165) is 11.1 Å². The number of nitrogens with one attached hydrogen (secondary N) is 3. The lowest BCUT2D eigenvalue weighted by Crippen LogP contribution is -2.38. The van der Waals surface area contributed by atoms with Crippen LogP contribution in [0.1, 0.15) is 24.5 Å². The minimum atomic E-state index is -0.284. The summed E-state index contributed by atoms with van der Waals surface area (Å²) in [5.41, 5.74) is 2.33. The van der Waals surface area contributed by atoms with E-state index in [1.807, 2.05) is 26.0 Å². The molecule has 27 heavy (non-hydrogen) atoms. The largest absolute Gasteiger partial charge is 0.357 e. The van der Waals surface area contributed by atoms with Crippen LogP contribution in [0.25, 0.3) is 0 Å². The minimum absolute atomic E-state index is 0.117. The number of rotatable bonds is 7.